The molecule has 2 aromatic rings. The van der Waals surface area contributed by atoms with Gasteiger partial charge in [-0.25, -0.2) is 0 Å². The highest BCUT2D eigenvalue weighted by Crippen LogP contribution is 2.41. The van der Waals surface area contributed by atoms with Crippen LogP contribution in [0.5, 0.6) is 17.2 Å². The Morgan fingerprint density at radius 2 is 2.00 bits per heavy atom. The highest BCUT2D eigenvalue weighted by Gasteiger charge is 2.35. The third kappa shape index (κ3) is 4.25. The van der Waals surface area contributed by atoms with Gasteiger partial charge in [-0.2, -0.15) is 0 Å². The molecule has 5 nitrogen and oxygen atoms in total. The Balaban J connectivity index is 1.51. The summed E-state index contributed by atoms with van der Waals surface area (Å²) in [5.74, 6) is 2.24. The molecule has 0 spiro atoms. The van der Waals surface area contributed by atoms with Crippen LogP contribution in [0.4, 0.5) is 0 Å². The SMILES string of the molecule is COc1ccc2c(c1)[C@@H](NC(=O)[C@@H](C)Oc1cccc3c1CCCC3)CC(C)(C)O2. The molecule has 5 heteroatoms. The van der Waals surface area contributed by atoms with Gasteiger partial charge in [0.15, 0.2) is 6.10 Å². The van der Waals surface area contributed by atoms with Gasteiger partial charge >= 0.3 is 0 Å². The Kier molecular flexibility index (Phi) is 5.63. The van der Waals surface area contributed by atoms with Crippen LogP contribution in [-0.4, -0.2) is 24.7 Å². The minimum Gasteiger partial charge on any atom is -0.497 e. The first kappa shape index (κ1) is 20.6. The number of aryl methyl sites for hydroxylation is 1. The van der Waals surface area contributed by atoms with Gasteiger partial charge in [-0.3, -0.25) is 4.79 Å². The number of amides is 1. The first-order valence-corrected chi connectivity index (χ1v) is 10.8. The van der Waals surface area contributed by atoms with Crippen LogP contribution >= 0.6 is 0 Å². The number of ether oxygens (including phenoxy) is 3. The molecular formula is C25H31NO4. The van der Waals surface area contributed by atoms with E-state index in [1.165, 1.54) is 24.0 Å². The first-order chi connectivity index (χ1) is 14.4. The lowest BCUT2D eigenvalue weighted by Gasteiger charge is -2.38. The van der Waals surface area contributed by atoms with Crippen molar-refractivity contribution in [3.05, 3.63) is 53.1 Å². The number of methoxy groups -OCH3 is 1. The summed E-state index contributed by atoms with van der Waals surface area (Å²) >= 11 is 0. The molecule has 30 heavy (non-hydrogen) atoms. The highest BCUT2D eigenvalue weighted by atomic mass is 16.5. The molecule has 0 radical (unpaired) electrons. The Bertz CT molecular complexity index is 937. The second kappa shape index (κ2) is 8.21. The molecule has 0 saturated carbocycles. The summed E-state index contributed by atoms with van der Waals surface area (Å²) in [6.07, 6.45) is 4.58. The van der Waals surface area contributed by atoms with Crippen molar-refractivity contribution in [2.75, 3.05) is 7.11 Å². The maximum Gasteiger partial charge on any atom is 0.261 e. The summed E-state index contributed by atoms with van der Waals surface area (Å²) in [5.41, 5.74) is 3.16. The molecule has 2 aromatic carbocycles. The smallest absolute Gasteiger partial charge is 0.261 e. The molecule has 2 atom stereocenters. The van der Waals surface area contributed by atoms with Gasteiger partial charge in [0.05, 0.1) is 13.2 Å². The number of nitrogens with one attached hydrogen (secondary N) is 1. The minimum absolute atomic E-state index is 0.125. The van der Waals surface area contributed by atoms with Gasteiger partial charge in [-0.15, -0.1) is 0 Å². The van der Waals surface area contributed by atoms with Crippen LogP contribution < -0.4 is 19.5 Å². The van der Waals surface area contributed by atoms with E-state index in [-0.39, 0.29) is 17.6 Å². The van der Waals surface area contributed by atoms with Gasteiger partial charge in [0.2, 0.25) is 0 Å². The van der Waals surface area contributed by atoms with Crippen molar-refractivity contribution < 1.29 is 19.0 Å². The van der Waals surface area contributed by atoms with E-state index in [0.717, 1.165) is 35.7 Å². The number of carbonyl (C=O) groups excluding carboxylic acids is 1. The fourth-order valence-electron chi connectivity index (χ4n) is 4.48. The highest BCUT2D eigenvalue weighted by molar-refractivity contribution is 5.81. The van der Waals surface area contributed by atoms with Gasteiger partial charge in [-0.05, 0) is 81.8 Å². The number of benzene rings is 2. The van der Waals surface area contributed by atoms with E-state index in [9.17, 15) is 4.79 Å². The number of fused-ring (bicyclic) bond motifs is 2. The van der Waals surface area contributed by atoms with Gasteiger partial charge in [0.1, 0.15) is 22.8 Å². The lowest BCUT2D eigenvalue weighted by Crippen LogP contribution is -2.44. The van der Waals surface area contributed by atoms with E-state index >= 15 is 0 Å². The van der Waals surface area contributed by atoms with Crippen LogP contribution in [0.15, 0.2) is 36.4 Å². The van der Waals surface area contributed by atoms with E-state index in [2.05, 4.69) is 11.4 Å². The van der Waals surface area contributed by atoms with Gasteiger partial charge < -0.3 is 19.5 Å². The van der Waals surface area contributed by atoms with E-state index in [0.29, 0.717) is 6.42 Å². The zero-order chi connectivity index (χ0) is 21.3. The summed E-state index contributed by atoms with van der Waals surface area (Å²) in [4.78, 5) is 13.1. The van der Waals surface area contributed by atoms with E-state index < -0.39 is 6.10 Å². The predicted octanol–water partition coefficient (Wildman–Crippen LogP) is 4.76. The van der Waals surface area contributed by atoms with Gasteiger partial charge in [0, 0.05) is 12.0 Å². The molecule has 4 rings (SSSR count). The first-order valence-electron chi connectivity index (χ1n) is 10.8. The normalized spacial score (nSPS) is 20.2. The Morgan fingerprint density at radius 3 is 2.80 bits per heavy atom. The van der Waals surface area contributed by atoms with Crippen LogP contribution in [-0.2, 0) is 17.6 Å². The van der Waals surface area contributed by atoms with Crippen LogP contribution in [0.3, 0.4) is 0 Å². The summed E-state index contributed by atoms with van der Waals surface area (Å²) in [7, 11) is 1.64. The van der Waals surface area contributed by atoms with E-state index in [4.69, 9.17) is 14.2 Å². The molecule has 0 bridgehead atoms. The largest absolute Gasteiger partial charge is 0.497 e. The fraction of sp³-hybridized carbons (Fsp3) is 0.480. The van der Waals surface area contributed by atoms with Crippen molar-refractivity contribution in [1.82, 2.24) is 5.32 Å². The molecular weight excluding hydrogens is 378 g/mol. The van der Waals surface area contributed by atoms with Crippen LogP contribution in [0.25, 0.3) is 0 Å². The topological polar surface area (TPSA) is 56.8 Å². The molecule has 2 aliphatic rings. The molecule has 0 unspecified atom stereocenters. The summed E-state index contributed by atoms with van der Waals surface area (Å²) in [6, 6.07) is 11.7. The maximum absolute atomic E-state index is 13.1. The lowest BCUT2D eigenvalue weighted by atomic mass is 9.89. The maximum atomic E-state index is 13.1. The molecule has 1 heterocycles. The lowest BCUT2D eigenvalue weighted by molar-refractivity contribution is -0.128. The van der Waals surface area contributed by atoms with Crippen molar-refractivity contribution in [1.29, 1.82) is 0 Å². The average molecular weight is 410 g/mol. The quantitative estimate of drug-likeness (QED) is 0.774. The summed E-state index contributed by atoms with van der Waals surface area (Å²) in [5, 5.41) is 3.18. The molecule has 1 N–H and O–H groups in total. The van der Waals surface area contributed by atoms with Gasteiger partial charge in [-0.1, -0.05) is 12.1 Å². The van der Waals surface area contributed by atoms with Crippen LogP contribution in [0.2, 0.25) is 0 Å². The van der Waals surface area contributed by atoms with Crippen LogP contribution in [0, 0.1) is 0 Å². The molecule has 0 aromatic heterocycles. The Morgan fingerprint density at radius 1 is 1.20 bits per heavy atom. The average Bonchev–Trinajstić information content (AvgIpc) is 2.73. The van der Waals surface area contributed by atoms with E-state index in [1.54, 1.807) is 7.11 Å². The summed E-state index contributed by atoms with van der Waals surface area (Å²) < 4.78 is 17.6. The monoisotopic (exact) mass is 409 g/mol. The predicted molar refractivity (Wildman–Crippen MR) is 116 cm³/mol. The Hall–Kier alpha value is -2.69. The van der Waals surface area contributed by atoms with Crippen molar-refractivity contribution in [2.45, 2.75) is 70.6 Å². The standard InChI is InChI=1S/C25H31NO4/c1-16(29-22-11-7-9-17-8-5-6-10-19(17)22)24(27)26-21-15-25(2,3)30-23-13-12-18(28-4)14-20(21)23/h7,9,11-14,16,21H,5-6,8,10,15H2,1-4H3,(H,26,27)/t16-,21+/m1/s1. The zero-order valence-electron chi connectivity index (χ0n) is 18.3. The molecule has 1 aliphatic carbocycles. The molecule has 1 aliphatic heterocycles. The van der Waals surface area contributed by atoms with Crippen molar-refractivity contribution in [2.24, 2.45) is 0 Å². The van der Waals surface area contributed by atoms with E-state index in [1.807, 2.05) is 51.1 Å². The Labute approximate surface area is 178 Å². The number of rotatable bonds is 5. The molecule has 1 amide bonds. The number of hydrogen-bond donors (Lipinski definition) is 1. The minimum atomic E-state index is -0.585. The van der Waals surface area contributed by atoms with Gasteiger partial charge in [0.25, 0.3) is 5.91 Å². The van der Waals surface area contributed by atoms with Crippen molar-refractivity contribution in [3.63, 3.8) is 0 Å². The third-order valence-electron chi connectivity index (χ3n) is 6.02. The molecule has 0 saturated heterocycles. The van der Waals surface area contributed by atoms with Crippen molar-refractivity contribution in [3.8, 4) is 17.2 Å². The second-order valence-electron chi connectivity index (χ2n) is 8.89. The fourth-order valence-corrected chi connectivity index (χ4v) is 4.48. The molecule has 160 valence electrons. The zero-order valence-corrected chi connectivity index (χ0v) is 18.3. The third-order valence-corrected chi connectivity index (χ3v) is 6.02. The number of hydrogen-bond acceptors (Lipinski definition) is 4. The molecule has 0 fully saturated rings. The second-order valence-corrected chi connectivity index (χ2v) is 8.89. The summed E-state index contributed by atoms with van der Waals surface area (Å²) in [6.45, 7) is 5.89. The number of carbonyl (C=O) groups is 1. The van der Waals surface area contributed by atoms with Crippen LogP contribution in [0.1, 0.15) is 62.8 Å². The van der Waals surface area contributed by atoms with Crippen molar-refractivity contribution >= 4 is 5.91 Å².